The molecule has 0 bridgehead atoms. The molecule has 0 heterocycles. The Bertz CT molecular complexity index is 452. The van der Waals surface area contributed by atoms with Gasteiger partial charge in [0.25, 0.3) is 0 Å². The van der Waals surface area contributed by atoms with Crippen LogP contribution in [0.25, 0.3) is 0 Å². The van der Waals surface area contributed by atoms with Crippen LogP contribution in [0, 0.1) is 5.41 Å². The molecule has 3 nitrogen and oxygen atoms in total. The van der Waals surface area contributed by atoms with Gasteiger partial charge in [-0.25, -0.2) is 0 Å². The number of aliphatic hydroxyl groups excluding tert-OH is 1. The van der Waals surface area contributed by atoms with Crippen molar-refractivity contribution >= 4 is 5.91 Å². The van der Waals surface area contributed by atoms with Crippen LogP contribution < -0.4 is 5.32 Å². The predicted octanol–water partition coefficient (Wildman–Crippen LogP) is 3.26. The molecule has 1 rings (SSSR count). The SMILES string of the molecule is C=CC(CC(=O)NCC(C)(C)CC(C)O)c1ccccc1. The second-order valence-corrected chi connectivity index (χ2v) is 6.45. The minimum atomic E-state index is -0.359. The first-order chi connectivity index (χ1) is 9.84. The number of rotatable bonds is 8. The monoisotopic (exact) mass is 289 g/mol. The van der Waals surface area contributed by atoms with Crippen molar-refractivity contribution in [3.05, 3.63) is 48.6 Å². The van der Waals surface area contributed by atoms with Crippen molar-refractivity contribution in [2.75, 3.05) is 6.54 Å². The maximum atomic E-state index is 12.1. The number of hydrogen-bond acceptors (Lipinski definition) is 2. The molecule has 0 aromatic heterocycles. The molecule has 0 saturated heterocycles. The zero-order valence-electron chi connectivity index (χ0n) is 13.3. The summed E-state index contributed by atoms with van der Waals surface area (Å²) in [6, 6.07) is 9.92. The summed E-state index contributed by atoms with van der Waals surface area (Å²) in [7, 11) is 0. The van der Waals surface area contributed by atoms with Gasteiger partial charge in [-0.1, -0.05) is 50.3 Å². The van der Waals surface area contributed by atoms with Crippen LogP contribution in [0.4, 0.5) is 0 Å². The number of carbonyl (C=O) groups is 1. The molecule has 1 amide bonds. The number of allylic oxidation sites excluding steroid dienone is 1. The Morgan fingerprint density at radius 2 is 2.00 bits per heavy atom. The van der Waals surface area contributed by atoms with Gasteiger partial charge in [0, 0.05) is 18.9 Å². The van der Waals surface area contributed by atoms with Gasteiger partial charge in [-0.2, -0.15) is 0 Å². The van der Waals surface area contributed by atoms with Crippen LogP contribution in [0.15, 0.2) is 43.0 Å². The van der Waals surface area contributed by atoms with Gasteiger partial charge in [0.1, 0.15) is 0 Å². The van der Waals surface area contributed by atoms with Crippen molar-refractivity contribution in [1.82, 2.24) is 5.32 Å². The fraction of sp³-hybridized carbons (Fsp3) is 0.500. The molecule has 1 aromatic carbocycles. The summed E-state index contributed by atoms with van der Waals surface area (Å²) in [4.78, 5) is 12.1. The van der Waals surface area contributed by atoms with E-state index in [1.165, 1.54) is 0 Å². The highest BCUT2D eigenvalue weighted by Gasteiger charge is 2.21. The van der Waals surface area contributed by atoms with E-state index in [0.29, 0.717) is 19.4 Å². The average molecular weight is 289 g/mol. The first-order valence-corrected chi connectivity index (χ1v) is 7.46. The topological polar surface area (TPSA) is 49.3 Å². The van der Waals surface area contributed by atoms with Gasteiger partial charge in [0.05, 0.1) is 6.10 Å². The van der Waals surface area contributed by atoms with Crippen molar-refractivity contribution in [2.24, 2.45) is 5.41 Å². The lowest BCUT2D eigenvalue weighted by Crippen LogP contribution is -2.36. The van der Waals surface area contributed by atoms with Crippen LogP contribution in [0.2, 0.25) is 0 Å². The molecular formula is C18H27NO2. The van der Waals surface area contributed by atoms with Crippen LogP contribution in [0.3, 0.4) is 0 Å². The molecular weight excluding hydrogens is 262 g/mol. The molecule has 0 aliphatic rings. The van der Waals surface area contributed by atoms with E-state index in [9.17, 15) is 9.90 Å². The van der Waals surface area contributed by atoms with Gasteiger partial charge < -0.3 is 10.4 Å². The molecule has 1 aromatic rings. The number of benzene rings is 1. The molecule has 3 heteroatoms. The van der Waals surface area contributed by atoms with Crippen molar-refractivity contribution in [1.29, 1.82) is 0 Å². The summed E-state index contributed by atoms with van der Waals surface area (Å²) in [6.45, 7) is 10.2. The lowest BCUT2D eigenvalue weighted by atomic mass is 9.87. The Morgan fingerprint density at radius 1 is 1.38 bits per heavy atom. The summed E-state index contributed by atoms with van der Waals surface area (Å²) in [5.41, 5.74) is 0.992. The number of amides is 1. The van der Waals surface area contributed by atoms with Crippen LogP contribution >= 0.6 is 0 Å². The van der Waals surface area contributed by atoms with Crippen molar-refractivity contribution < 1.29 is 9.90 Å². The van der Waals surface area contributed by atoms with Crippen molar-refractivity contribution in [3.63, 3.8) is 0 Å². The number of nitrogens with one attached hydrogen (secondary N) is 1. The Balaban J connectivity index is 2.51. The highest BCUT2D eigenvalue weighted by Crippen LogP contribution is 2.23. The molecule has 0 saturated carbocycles. The van der Waals surface area contributed by atoms with E-state index >= 15 is 0 Å². The van der Waals surface area contributed by atoms with E-state index in [0.717, 1.165) is 5.56 Å². The summed E-state index contributed by atoms with van der Waals surface area (Å²) < 4.78 is 0. The van der Waals surface area contributed by atoms with Gasteiger partial charge in [0.2, 0.25) is 5.91 Å². The lowest BCUT2D eigenvalue weighted by molar-refractivity contribution is -0.121. The smallest absolute Gasteiger partial charge is 0.220 e. The first kappa shape index (κ1) is 17.4. The molecule has 116 valence electrons. The van der Waals surface area contributed by atoms with E-state index in [1.807, 2.05) is 50.3 Å². The summed E-state index contributed by atoms with van der Waals surface area (Å²) in [6.07, 6.45) is 2.52. The van der Waals surface area contributed by atoms with Crippen molar-refractivity contribution in [3.8, 4) is 0 Å². The predicted molar refractivity (Wildman–Crippen MR) is 87.1 cm³/mol. The fourth-order valence-electron chi connectivity index (χ4n) is 2.52. The molecule has 0 aliphatic heterocycles. The highest BCUT2D eigenvalue weighted by molar-refractivity contribution is 5.77. The van der Waals surface area contributed by atoms with E-state index in [1.54, 1.807) is 6.92 Å². The minimum Gasteiger partial charge on any atom is -0.393 e. The third-order valence-corrected chi connectivity index (χ3v) is 3.53. The summed E-state index contributed by atoms with van der Waals surface area (Å²) in [5.74, 6) is 0.0495. The Labute approximate surface area is 128 Å². The Morgan fingerprint density at radius 3 is 2.52 bits per heavy atom. The number of aliphatic hydroxyl groups is 1. The van der Waals surface area contributed by atoms with Gasteiger partial charge in [-0.3, -0.25) is 4.79 Å². The second kappa shape index (κ2) is 7.99. The first-order valence-electron chi connectivity index (χ1n) is 7.46. The fourth-order valence-corrected chi connectivity index (χ4v) is 2.52. The highest BCUT2D eigenvalue weighted by atomic mass is 16.3. The van der Waals surface area contributed by atoms with E-state index in [4.69, 9.17) is 0 Å². The van der Waals surface area contributed by atoms with E-state index in [-0.39, 0.29) is 23.3 Å². The summed E-state index contributed by atoms with van der Waals surface area (Å²) >= 11 is 0. The molecule has 2 N–H and O–H groups in total. The zero-order valence-corrected chi connectivity index (χ0v) is 13.3. The molecule has 0 fully saturated rings. The number of hydrogen-bond donors (Lipinski definition) is 2. The normalized spacial score (nSPS) is 14.3. The van der Waals surface area contributed by atoms with E-state index < -0.39 is 0 Å². The molecule has 0 aliphatic carbocycles. The Kier molecular flexibility index (Phi) is 6.63. The van der Waals surface area contributed by atoms with Gasteiger partial charge in [-0.15, -0.1) is 6.58 Å². The maximum absolute atomic E-state index is 12.1. The number of carbonyl (C=O) groups excluding carboxylic acids is 1. The van der Waals surface area contributed by atoms with Crippen LogP contribution in [-0.4, -0.2) is 23.7 Å². The molecule has 0 spiro atoms. The average Bonchev–Trinajstić information content (AvgIpc) is 2.42. The maximum Gasteiger partial charge on any atom is 0.220 e. The lowest BCUT2D eigenvalue weighted by Gasteiger charge is -2.26. The third kappa shape index (κ3) is 6.58. The van der Waals surface area contributed by atoms with Crippen LogP contribution in [0.1, 0.15) is 45.1 Å². The zero-order chi connectivity index (χ0) is 15.9. The van der Waals surface area contributed by atoms with Gasteiger partial charge in [0.15, 0.2) is 0 Å². The molecule has 0 radical (unpaired) electrons. The van der Waals surface area contributed by atoms with Crippen LogP contribution in [-0.2, 0) is 4.79 Å². The quantitative estimate of drug-likeness (QED) is 0.722. The van der Waals surface area contributed by atoms with E-state index in [2.05, 4.69) is 11.9 Å². The van der Waals surface area contributed by atoms with Gasteiger partial charge >= 0.3 is 0 Å². The third-order valence-electron chi connectivity index (χ3n) is 3.53. The standard InChI is InChI=1S/C18H27NO2/c1-5-15(16-9-7-6-8-10-16)11-17(21)19-13-18(3,4)12-14(2)20/h5-10,14-15,20H,1,11-13H2,2-4H3,(H,19,21). The molecule has 2 atom stereocenters. The minimum absolute atomic E-state index is 0.0161. The van der Waals surface area contributed by atoms with Crippen molar-refractivity contribution in [2.45, 2.75) is 45.6 Å². The molecule has 21 heavy (non-hydrogen) atoms. The Hall–Kier alpha value is -1.61. The summed E-state index contributed by atoms with van der Waals surface area (Å²) in [5, 5.41) is 12.4. The van der Waals surface area contributed by atoms with Crippen LogP contribution in [0.5, 0.6) is 0 Å². The largest absolute Gasteiger partial charge is 0.393 e. The van der Waals surface area contributed by atoms with Gasteiger partial charge in [-0.05, 0) is 24.3 Å². The second-order valence-electron chi connectivity index (χ2n) is 6.45. The molecule has 2 unspecified atom stereocenters.